The van der Waals surface area contributed by atoms with Crippen molar-refractivity contribution in [1.82, 2.24) is 9.38 Å². The SMILES string of the molecule is Cc1c(C#N)c(Br)cn2cc(-c3ccccc3)nc12. The summed E-state index contributed by atoms with van der Waals surface area (Å²) in [6.45, 7) is 1.92. The molecule has 0 saturated carbocycles. The van der Waals surface area contributed by atoms with Crippen molar-refractivity contribution in [2.75, 3.05) is 0 Å². The van der Waals surface area contributed by atoms with E-state index in [-0.39, 0.29) is 0 Å². The summed E-state index contributed by atoms with van der Waals surface area (Å²) in [4.78, 5) is 4.62. The molecule has 1 aromatic carbocycles. The molecule has 0 aliphatic carbocycles. The molecular weight excluding hydrogens is 302 g/mol. The van der Waals surface area contributed by atoms with Gasteiger partial charge in [0.25, 0.3) is 0 Å². The Morgan fingerprint density at radius 3 is 2.63 bits per heavy atom. The molecule has 2 heterocycles. The Morgan fingerprint density at radius 2 is 1.95 bits per heavy atom. The minimum absolute atomic E-state index is 0.637. The molecule has 0 amide bonds. The molecule has 3 aromatic rings. The summed E-state index contributed by atoms with van der Waals surface area (Å²) in [6.07, 6.45) is 3.85. The molecule has 0 radical (unpaired) electrons. The summed E-state index contributed by atoms with van der Waals surface area (Å²) in [5, 5.41) is 9.17. The maximum absolute atomic E-state index is 9.17. The molecule has 0 atom stereocenters. The first-order chi connectivity index (χ1) is 9.20. The van der Waals surface area contributed by atoms with Gasteiger partial charge in [0.2, 0.25) is 0 Å². The van der Waals surface area contributed by atoms with Crippen molar-refractivity contribution in [3.05, 3.63) is 58.3 Å². The summed E-state index contributed by atoms with van der Waals surface area (Å²) in [5.74, 6) is 0. The second kappa shape index (κ2) is 4.52. The number of halogens is 1. The second-order valence-corrected chi connectivity index (χ2v) is 5.17. The molecule has 0 aliphatic rings. The van der Waals surface area contributed by atoms with Gasteiger partial charge in [0.1, 0.15) is 11.7 Å². The second-order valence-electron chi connectivity index (χ2n) is 4.31. The van der Waals surface area contributed by atoms with Gasteiger partial charge in [-0.2, -0.15) is 5.26 Å². The van der Waals surface area contributed by atoms with Crippen LogP contribution in [0.1, 0.15) is 11.1 Å². The number of benzene rings is 1. The van der Waals surface area contributed by atoms with E-state index >= 15 is 0 Å². The van der Waals surface area contributed by atoms with Crippen LogP contribution in [-0.4, -0.2) is 9.38 Å². The summed E-state index contributed by atoms with van der Waals surface area (Å²) in [7, 11) is 0. The number of nitrogens with zero attached hydrogens (tertiary/aromatic N) is 3. The number of nitriles is 1. The molecule has 0 bridgehead atoms. The fraction of sp³-hybridized carbons (Fsp3) is 0.0667. The van der Waals surface area contributed by atoms with E-state index in [9.17, 15) is 0 Å². The highest BCUT2D eigenvalue weighted by Crippen LogP contribution is 2.26. The number of pyridine rings is 1. The van der Waals surface area contributed by atoms with Gasteiger partial charge >= 0.3 is 0 Å². The molecular formula is C15H10BrN3. The van der Waals surface area contributed by atoms with Crippen LogP contribution in [0.2, 0.25) is 0 Å². The van der Waals surface area contributed by atoms with Crippen molar-refractivity contribution in [2.24, 2.45) is 0 Å². The van der Waals surface area contributed by atoms with E-state index < -0.39 is 0 Å². The Bertz CT molecular complexity index is 798. The number of imidazole rings is 1. The van der Waals surface area contributed by atoms with Crippen LogP contribution in [0.25, 0.3) is 16.9 Å². The first-order valence-corrected chi connectivity index (χ1v) is 6.63. The lowest BCUT2D eigenvalue weighted by Crippen LogP contribution is -1.92. The van der Waals surface area contributed by atoms with Gasteiger partial charge in [-0.15, -0.1) is 0 Å². The van der Waals surface area contributed by atoms with Gasteiger partial charge in [-0.3, -0.25) is 0 Å². The van der Waals surface area contributed by atoms with E-state index in [4.69, 9.17) is 5.26 Å². The average molecular weight is 312 g/mol. The number of aryl methyl sites for hydroxylation is 1. The quantitative estimate of drug-likeness (QED) is 0.683. The first-order valence-electron chi connectivity index (χ1n) is 5.84. The number of rotatable bonds is 1. The summed E-state index contributed by atoms with van der Waals surface area (Å²) in [6, 6.07) is 12.2. The maximum atomic E-state index is 9.17. The summed E-state index contributed by atoms with van der Waals surface area (Å²) < 4.78 is 2.74. The Morgan fingerprint density at radius 1 is 1.21 bits per heavy atom. The van der Waals surface area contributed by atoms with Crippen LogP contribution in [0.5, 0.6) is 0 Å². The number of fused-ring (bicyclic) bond motifs is 1. The number of hydrogen-bond donors (Lipinski definition) is 0. The Hall–Kier alpha value is -2.12. The van der Waals surface area contributed by atoms with Gasteiger partial charge in [0.15, 0.2) is 0 Å². The summed E-state index contributed by atoms with van der Waals surface area (Å²) >= 11 is 3.42. The van der Waals surface area contributed by atoms with Crippen molar-refractivity contribution < 1.29 is 0 Å². The van der Waals surface area contributed by atoms with E-state index in [2.05, 4.69) is 27.0 Å². The van der Waals surface area contributed by atoms with E-state index in [0.29, 0.717) is 5.56 Å². The van der Waals surface area contributed by atoms with Crippen molar-refractivity contribution in [2.45, 2.75) is 6.92 Å². The van der Waals surface area contributed by atoms with Gasteiger partial charge in [-0.25, -0.2) is 4.98 Å². The fourth-order valence-corrected chi connectivity index (χ4v) is 2.74. The third kappa shape index (κ3) is 1.92. The Balaban J connectivity index is 2.28. The van der Waals surface area contributed by atoms with Crippen molar-refractivity contribution in [3.8, 4) is 17.3 Å². The molecule has 0 spiro atoms. The Kier molecular flexibility index (Phi) is 2.84. The molecule has 92 valence electrons. The molecule has 3 nitrogen and oxygen atoms in total. The molecule has 19 heavy (non-hydrogen) atoms. The number of aromatic nitrogens is 2. The zero-order valence-electron chi connectivity index (χ0n) is 10.3. The average Bonchev–Trinajstić information content (AvgIpc) is 2.84. The minimum Gasteiger partial charge on any atom is -0.305 e. The zero-order chi connectivity index (χ0) is 13.4. The maximum Gasteiger partial charge on any atom is 0.141 e. The van der Waals surface area contributed by atoms with Crippen molar-refractivity contribution >= 4 is 21.6 Å². The van der Waals surface area contributed by atoms with Crippen LogP contribution in [-0.2, 0) is 0 Å². The Labute approximate surface area is 119 Å². The topological polar surface area (TPSA) is 41.1 Å². The predicted octanol–water partition coefficient (Wildman–Crippen LogP) is 3.94. The molecule has 0 saturated heterocycles. The fourth-order valence-electron chi connectivity index (χ4n) is 2.13. The van der Waals surface area contributed by atoms with E-state index in [1.807, 2.05) is 54.0 Å². The molecule has 0 unspecified atom stereocenters. The molecule has 0 fully saturated rings. The lowest BCUT2D eigenvalue weighted by molar-refractivity contribution is 1.14. The van der Waals surface area contributed by atoms with Gasteiger partial charge in [-0.1, -0.05) is 30.3 Å². The normalized spacial score (nSPS) is 10.6. The smallest absolute Gasteiger partial charge is 0.141 e. The van der Waals surface area contributed by atoms with Crippen LogP contribution >= 0.6 is 15.9 Å². The van der Waals surface area contributed by atoms with Gasteiger partial charge in [-0.05, 0) is 22.9 Å². The van der Waals surface area contributed by atoms with Crippen molar-refractivity contribution in [3.63, 3.8) is 0 Å². The van der Waals surface area contributed by atoms with Gasteiger partial charge in [0.05, 0.1) is 15.7 Å². The van der Waals surface area contributed by atoms with Crippen molar-refractivity contribution in [1.29, 1.82) is 5.26 Å². The molecule has 0 N–H and O–H groups in total. The first kappa shape index (κ1) is 11.9. The highest BCUT2D eigenvalue weighted by atomic mass is 79.9. The van der Waals surface area contributed by atoms with Crippen LogP contribution in [0, 0.1) is 18.3 Å². The van der Waals surface area contributed by atoms with Crippen LogP contribution in [0.4, 0.5) is 0 Å². The van der Waals surface area contributed by atoms with Gasteiger partial charge in [0, 0.05) is 23.5 Å². The third-order valence-electron chi connectivity index (χ3n) is 3.12. The highest BCUT2D eigenvalue weighted by Gasteiger charge is 2.12. The predicted molar refractivity (Wildman–Crippen MR) is 77.8 cm³/mol. The van der Waals surface area contributed by atoms with Crippen LogP contribution in [0.15, 0.2) is 47.2 Å². The lowest BCUT2D eigenvalue weighted by atomic mass is 10.2. The van der Waals surface area contributed by atoms with E-state index in [0.717, 1.165) is 26.9 Å². The van der Waals surface area contributed by atoms with Crippen LogP contribution in [0.3, 0.4) is 0 Å². The van der Waals surface area contributed by atoms with Crippen LogP contribution < -0.4 is 0 Å². The van der Waals surface area contributed by atoms with E-state index in [1.165, 1.54) is 0 Å². The molecule has 0 aliphatic heterocycles. The highest BCUT2D eigenvalue weighted by molar-refractivity contribution is 9.10. The number of hydrogen-bond acceptors (Lipinski definition) is 2. The van der Waals surface area contributed by atoms with E-state index in [1.54, 1.807) is 0 Å². The molecule has 2 aromatic heterocycles. The zero-order valence-corrected chi connectivity index (χ0v) is 11.8. The largest absolute Gasteiger partial charge is 0.305 e. The monoisotopic (exact) mass is 311 g/mol. The lowest BCUT2D eigenvalue weighted by Gasteiger charge is -2.02. The molecule has 3 rings (SSSR count). The van der Waals surface area contributed by atoms with Gasteiger partial charge < -0.3 is 4.40 Å². The minimum atomic E-state index is 0.637. The molecule has 4 heteroatoms. The third-order valence-corrected chi connectivity index (χ3v) is 3.72. The summed E-state index contributed by atoms with van der Waals surface area (Å²) in [5.41, 5.74) is 4.32. The standard InChI is InChI=1S/C15H10BrN3/c1-10-12(7-17)13(16)8-19-9-14(18-15(10)19)11-5-3-2-4-6-11/h2-6,8-9H,1H3.